The van der Waals surface area contributed by atoms with Gasteiger partial charge in [0, 0.05) is 24.9 Å². The van der Waals surface area contributed by atoms with Gasteiger partial charge in [-0.25, -0.2) is 4.98 Å². The molecule has 0 radical (unpaired) electrons. The largest absolute Gasteiger partial charge is 0.348 e. The van der Waals surface area contributed by atoms with Crippen LogP contribution in [0.4, 0.5) is 0 Å². The number of rotatable bonds is 5. The molecule has 2 aromatic heterocycles. The Morgan fingerprint density at radius 3 is 3.12 bits per heavy atom. The number of nitrogens with two attached hydrogens (primary N) is 1. The van der Waals surface area contributed by atoms with Crippen molar-refractivity contribution in [3.63, 3.8) is 0 Å². The number of aryl methyl sites for hydroxylation is 1. The highest BCUT2D eigenvalue weighted by Gasteiger charge is 2.14. The second kappa shape index (κ2) is 4.89. The number of H-pyrrole nitrogens is 1. The third-order valence-corrected chi connectivity index (χ3v) is 2.44. The maximum atomic E-state index is 6.09. The smallest absolute Gasteiger partial charge is 0.150 e. The van der Waals surface area contributed by atoms with E-state index < -0.39 is 0 Å². The molecule has 0 unspecified atom stereocenters. The average Bonchev–Trinajstić information content (AvgIpc) is 2.89. The molecular formula is C10H16N6. The first kappa shape index (κ1) is 10.8. The SMILES string of the molecule is CCCn1cnnc1[C@H](N)Cc1cnc[nH]1. The Morgan fingerprint density at radius 1 is 1.56 bits per heavy atom. The fraction of sp³-hybridized carbons (Fsp3) is 0.500. The molecule has 0 aliphatic rings. The molecule has 16 heavy (non-hydrogen) atoms. The maximum Gasteiger partial charge on any atom is 0.150 e. The van der Waals surface area contributed by atoms with Gasteiger partial charge in [0.2, 0.25) is 0 Å². The van der Waals surface area contributed by atoms with Gasteiger partial charge in [0.1, 0.15) is 12.2 Å². The molecule has 1 atom stereocenters. The van der Waals surface area contributed by atoms with E-state index >= 15 is 0 Å². The first-order chi connectivity index (χ1) is 7.81. The van der Waals surface area contributed by atoms with Crippen molar-refractivity contribution in [2.45, 2.75) is 32.4 Å². The van der Waals surface area contributed by atoms with Crippen LogP contribution in [-0.4, -0.2) is 24.7 Å². The molecule has 2 heterocycles. The molecule has 0 saturated heterocycles. The zero-order valence-electron chi connectivity index (χ0n) is 9.30. The lowest BCUT2D eigenvalue weighted by Gasteiger charge is -2.11. The summed E-state index contributed by atoms with van der Waals surface area (Å²) in [5, 5.41) is 7.97. The van der Waals surface area contributed by atoms with Crippen LogP contribution in [0.25, 0.3) is 0 Å². The highest BCUT2D eigenvalue weighted by Crippen LogP contribution is 2.12. The summed E-state index contributed by atoms with van der Waals surface area (Å²) >= 11 is 0. The van der Waals surface area contributed by atoms with Crippen LogP contribution in [0.2, 0.25) is 0 Å². The summed E-state index contributed by atoms with van der Waals surface area (Å²) < 4.78 is 2.00. The number of hydrogen-bond donors (Lipinski definition) is 2. The summed E-state index contributed by atoms with van der Waals surface area (Å²) in [6, 6.07) is -0.144. The summed E-state index contributed by atoms with van der Waals surface area (Å²) in [5.41, 5.74) is 7.10. The number of hydrogen-bond acceptors (Lipinski definition) is 4. The van der Waals surface area contributed by atoms with Crippen molar-refractivity contribution in [1.29, 1.82) is 0 Å². The van der Waals surface area contributed by atoms with E-state index in [1.54, 1.807) is 18.9 Å². The summed E-state index contributed by atoms with van der Waals surface area (Å²) in [6.07, 6.45) is 6.90. The topological polar surface area (TPSA) is 85.4 Å². The lowest BCUT2D eigenvalue weighted by atomic mass is 10.1. The summed E-state index contributed by atoms with van der Waals surface area (Å²) in [5.74, 6) is 0.830. The quantitative estimate of drug-likeness (QED) is 0.774. The minimum Gasteiger partial charge on any atom is -0.348 e. The van der Waals surface area contributed by atoms with E-state index in [1.807, 2.05) is 4.57 Å². The second-order valence-corrected chi connectivity index (χ2v) is 3.77. The molecule has 0 bridgehead atoms. The van der Waals surface area contributed by atoms with Gasteiger partial charge in [-0.2, -0.15) is 0 Å². The molecule has 2 aromatic rings. The Hall–Kier alpha value is -1.69. The van der Waals surface area contributed by atoms with Crippen molar-refractivity contribution in [1.82, 2.24) is 24.7 Å². The van der Waals surface area contributed by atoms with Gasteiger partial charge in [0.25, 0.3) is 0 Å². The van der Waals surface area contributed by atoms with Gasteiger partial charge in [-0.05, 0) is 6.42 Å². The van der Waals surface area contributed by atoms with E-state index in [0.29, 0.717) is 6.42 Å². The van der Waals surface area contributed by atoms with Gasteiger partial charge >= 0.3 is 0 Å². The standard InChI is InChI=1S/C10H16N6/c1-2-3-16-7-14-15-10(16)9(11)4-8-5-12-6-13-8/h5-7,9H,2-4,11H2,1H3,(H,12,13)/t9-/m1/s1. The Bertz CT molecular complexity index is 418. The molecule has 0 aliphatic heterocycles. The first-order valence-electron chi connectivity index (χ1n) is 5.41. The molecule has 0 amide bonds. The van der Waals surface area contributed by atoms with Gasteiger partial charge < -0.3 is 15.3 Å². The lowest BCUT2D eigenvalue weighted by Crippen LogP contribution is -2.19. The molecule has 6 heteroatoms. The van der Waals surface area contributed by atoms with Crippen LogP contribution in [0.3, 0.4) is 0 Å². The number of aromatic nitrogens is 5. The van der Waals surface area contributed by atoms with E-state index in [4.69, 9.17) is 5.73 Å². The average molecular weight is 220 g/mol. The molecular weight excluding hydrogens is 204 g/mol. The Balaban J connectivity index is 2.08. The third-order valence-electron chi connectivity index (χ3n) is 2.44. The summed E-state index contributed by atoms with van der Waals surface area (Å²) in [7, 11) is 0. The van der Waals surface area contributed by atoms with Crippen molar-refractivity contribution in [3.8, 4) is 0 Å². The predicted octanol–water partition coefficient (Wildman–Crippen LogP) is 0.654. The molecule has 0 spiro atoms. The fourth-order valence-corrected chi connectivity index (χ4v) is 1.69. The highest BCUT2D eigenvalue weighted by molar-refractivity contribution is 5.03. The van der Waals surface area contributed by atoms with Crippen LogP contribution < -0.4 is 5.73 Å². The van der Waals surface area contributed by atoms with Gasteiger partial charge in [-0.1, -0.05) is 6.92 Å². The number of aromatic amines is 1. The van der Waals surface area contributed by atoms with E-state index in [1.165, 1.54) is 0 Å². The minimum absolute atomic E-state index is 0.144. The van der Waals surface area contributed by atoms with Crippen LogP contribution in [0.5, 0.6) is 0 Å². The van der Waals surface area contributed by atoms with E-state index in [2.05, 4.69) is 27.1 Å². The molecule has 86 valence electrons. The van der Waals surface area contributed by atoms with E-state index in [0.717, 1.165) is 24.5 Å². The summed E-state index contributed by atoms with van der Waals surface area (Å²) in [4.78, 5) is 6.99. The van der Waals surface area contributed by atoms with Crippen molar-refractivity contribution in [2.24, 2.45) is 5.73 Å². The van der Waals surface area contributed by atoms with Crippen molar-refractivity contribution >= 4 is 0 Å². The first-order valence-corrected chi connectivity index (χ1v) is 5.41. The van der Waals surface area contributed by atoms with Crippen LogP contribution in [0.15, 0.2) is 18.9 Å². The second-order valence-electron chi connectivity index (χ2n) is 3.77. The molecule has 0 aliphatic carbocycles. The van der Waals surface area contributed by atoms with Gasteiger partial charge in [-0.3, -0.25) is 0 Å². The van der Waals surface area contributed by atoms with E-state index in [-0.39, 0.29) is 6.04 Å². The van der Waals surface area contributed by atoms with Crippen LogP contribution in [0.1, 0.15) is 30.9 Å². The number of nitrogens with one attached hydrogen (secondary N) is 1. The normalized spacial score (nSPS) is 12.9. The Kier molecular flexibility index (Phi) is 3.31. The maximum absolute atomic E-state index is 6.09. The van der Waals surface area contributed by atoms with Crippen LogP contribution >= 0.6 is 0 Å². The Labute approximate surface area is 93.9 Å². The molecule has 0 fully saturated rings. The highest BCUT2D eigenvalue weighted by atomic mass is 15.3. The molecule has 6 nitrogen and oxygen atoms in total. The van der Waals surface area contributed by atoms with Gasteiger partial charge in [0.15, 0.2) is 0 Å². The van der Waals surface area contributed by atoms with Gasteiger partial charge in [0.05, 0.1) is 12.4 Å². The van der Waals surface area contributed by atoms with Crippen molar-refractivity contribution < 1.29 is 0 Å². The Morgan fingerprint density at radius 2 is 2.44 bits per heavy atom. The number of nitrogens with zero attached hydrogens (tertiary/aromatic N) is 4. The van der Waals surface area contributed by atoms with Crippen molar-refractivity contribution in [2.75, 3.05) is 0 Å². The van der Waals surface area contributed by atoms with Gasteiger partial charge in [-0.15, -0.1) is 10.2 Å². The van der Waals surface area contributed by atoms with Crippen LogP contribution in [-0.2, 0) is 13.0 Å². The van der Waals surface area contributed by atoms with E-state index in [9.17, 15) is 0 Å². The third kappa shape index (κ3) is 2.27. The molecule has 2 rings (SSSR count). The fourth-order valence-electron chi connectivity index (χ4n) is 1.69. The molecule has 0 aromatic carbocycles. The molecule has 3 N–H and O–H groups in total. The monoisotopic (exact) mass is 220 g/mol. The zero-order valence-corrected chi connectivity index (χ0v) is 9.30. The minimum atomic E-state index is -0.144. The van der Waals surface area contributed by atoms with Crippen LogP contribution in [0, 0.1) is 0 Å². The molecule has 0 saturated carbocycles. The lowest BCUT2D eigenvalue weighted by molar-refractivity contribution is 0.571. The van der Waals surface area contributed by atoms with Crippen molar-refractivity contribution in [3.05, 3.63) is 30.4 Å². The number of imidazole rings is 1. The zero-order chi connectivity index (χ0) is 11.4. The predicted molar refractivity (Wildman–Crippen MR) is 59.5 cm³/mol. The summed E-state index contributed by atoms with van der Waals surface area (Å²) in [6.45, 7) is 3.02.